The summed E-state index contributed by atoms with van der Waals surface area (Å²) in [5, 5.41) is 12.0. The molecule has 3 nitrogen and oxygen atoms in total. The molecule has 2 N–H and O–H groups in total. The van der Waals surface area contributed by atoms with Gasteiger partial charge in [0, 0.05) is 13.2 Å². The summed E-state index contributed by atoms with van der Waals surface area (Å²) in [6.07, 6.45) is 0.790. The first kappa shape index (κ1) is 14.6. The largest absolute Gasteiger partial charge is 0.489 e. The van der Waals surface area contributed by atoms with Gasteiger partial charge in [0.05, 0.1) is 0 Å². The van der Waals surface area contributed by atoms with Crippen LogP contribution < -0.4 is 10.1 Å². The van der Waals surface area contributed by atoms with E-state index in [4.69, 9.17) is 9.84 Å². The monoisotopic (exact) mass is 271 g/mol. The van der Waals surface area contributed by atoms with Crippen molar-refractivity contribution in [3.8, 4) is 5.75 Å². The molecule has 0 fully saturated rings. The Labute approximate surface area is 120 Å². The van der Waals surface area contributed by atoms with E-state index in [1.807, 2.05) is 30.3 Å². The molecule has 106 valence electrons. The molecule has 0 radical (unpaired) electrons. The van der Waals surface area contributed by atoms with Crippen LogP contribution in [0.1, 0.15) is 17.5 Å². The second-order valence-electron chi connectivity index (χ2n) is 4.67. The quantitative estimate of drug-likeness (QED) is 0.725. The molecule has 0 aliphatic carbocycles. The molecule has 0 atom stereocenters. The first-order valence-corrected chi connectivity index (χ1v) is 6.96. The number of aliphatic hydroxyl groups is 1. The number of ether oxygens (including phenoxy) is 1. The lowest BCUT2D eigenvalue weighted by Gasteiger charge is -2.08. The van der Waals surface area contributed by atoms with E-state index in [0.29, 0.717) is 6.61 Å². The second kappa shape index (κ2) is 8.35. The third kappa shape index (κ3) is 5.03. The van der Waals surface area contributed by atoms with Crippen LogP contribution in [-0.2, 0) is 13.2 Å². The molecular weight excluding hydrogens is 250 g/mol. The number of hydrogen-bond donors (Lipinski definition) is 2. The molecule has 0 aliphatic heterocycles. The van der Waals surface area contributed by atoms with Crippen molar-refractivity contribution in [3.05, 3.63) is 65.7 Å². The van der Waals surface area contributed by atoms with Crippen LogP contribution in [0.25, 0.3) is 0 Å². The molecule has 2 rings (SSSR count). The van der Waals surface area contributed by atoms with Gasteiger partial charge in [-0.1, -0.05) is 42.5 Å². The third-order valence-electron chi connectivity index (χ3n) is 3.01. The van der Waals surface area contributed by atoms with E-state index in [0.717, 1.165) is 25.3 Å². The minimum Gasteiger partial charge on any atom is -0.489 e. The summed E-state index contributed by atoms with van der Waals surface area (Å²) in [4.78, 5) is 0. The predicted octanol–water partition coefficient (Wildman–Crippen LogP) is 2.74. The van der Waals surface area contributed by atoms with Gasteiger partial charge in [0.15, 0.2) is 0 Å². The number of nitrogens with one attached hydrogen (secondary N) is 1. The Kier molecular flexibility index (Phi) is 6.08. The number of aliphatic hydroxyl groups excluding tert-OH is 1. The molecule has 20 heavy (non-hydrogen) atoms. The van der Waals surface area contributed by atoms with E-state index in [1.54, 1.807) is 0 Å². The van der Waals surface area contributed by atoms with Gasteiger partial charge in [0.2, 0.25) is 0 Å². The van der Waals surface area contributed by atoms with Crippen LogP contribution in [0.5, 0.6) is 5.75 Å². The summed E-state index contributed by atoms with van der Waals surface area (Å²) in [6.45, 7) is 2.48. The van der Waals surface area contributed by atoms with Crippen molar-refractivity contribution in [1.29, 1.82) is 0 Å². The van der Waals surface area contributed by atoms with E-state index < -0.39 is 0 Å². The van der Waals surface area contributed by atoms with Gasteiger partial charge in [-0.25, -0.2) is 0 Å². The summed E-state index contributed by atoms with van der Waals surface area (Å²) in [7, 11) is 0. The number of rotatable bonds is 8. The van der Waals surface area contributed by atoms with Gasteiger partial charge < -0.3 is 15.2 Å². The van der Waals surface area contributed by atoms with E-state index in [2.05, 4.69) is 29.6 Å². The topological polar surface area (TPSA) is 41.5 Å². The molecule has 0 amide bonds. The molecule has 0 heterocycles. The molecule has 0 spiro atoms. The Morgan fingerprint density at radius 1 is 0.900 bits per heavy atom. The van der Waals surface area contributed by atoms with Crippen molar-refractivity contribution < 1.29 is 9.84 Å². The summed E-state index contributed by atoms with van der Waals surface area (Å²) >= 11 is 0. The maximum Gasteiger partial charge on any atom is 0.119 e. The molecule has 0 aliphatic rings. The van der Waals surface area contributed by atoms with Crippen LogP contribution in [0.15, 0.2) is 54.6 Å². The zero-order valence-electron chi connectivity index (χ0n) is 11.6. The highest BCUT2D eigenvalue weighted by atomic mass is 16.5. The standard InChI is InChI=1S/C17H21NO2/c19-12-4-11-18-13-15-7-9-17(10-8-15)20-14-16-5-2-1-3-6-16/h1-3,5-10,18-19H,4,11-14H2. The van der Waals surface area contributed by atoms with Crippen molar-refractivity contribution >= 4 is 0 Å². The number of benzene rings is 2. The fourth-order valence-corrected chi connectivity index (χ4v) is 1.88. The Bertz CT molecular complexity index is 482. The van der Waals surface area contributed by atoms with Crippen LogP contribution >= 0.6 is 0 Å². The summed E-state index contributed by atoms with van der Waals surface area (Å²) in [6, 6.07) is 18.2. The van der Waals surface area contributed by atoms with Crippen LogP contribution in [0.2, 0.25) is 0 Å². The summed E-state index contributed by atoms with van der Waals surface area (Å²) in [5.41, 5.74) is 2.39. The van der Waals surface area contributed by atoms with E-state index >= 15 is 0 Å². The van der Waals surface area contributed by atoms with Gasteiger partial charge in [-0.3, -0.25) is 0 Å². The molecule has 0 unspecified atom stereocenters. The Hall–Kier alpha value is -1.84. The lowest BCUT2D eigenvalue weighted by molar-refractivity contribution is 0.286. The lowest BCUT2D eigenvalue weighted by Crippen LogP contribution is -2.15. The minimum absolute atomic E-state index is 0.235. The zero-order valence-corrected chi connectivity index (χ0v) is 11.6. The van der Waals surface area contributed by atoms with Crippen molar-refractivity contribution in [2.24, 2.45) is 0 Å². The van der Waals surface area contributed by atoms with Crippen molar-refractivity contribution in [1.82, 2.24) is 5.32 Å². The Morgan fingerprint density at radius 3 is 2.35 bits per heavy atom. The fraction of sp³-hybridized carbons (Fsp3) is 0.294. The third-order valence-corrected chi connectivity index (χ3v) is 3.01. The zero-order chi connectivity index (χ0) is 14.0. The minimum atomic E-state index is 0.235. The van der Waals surface area contributed by atoms with Gasteiger partial charge in [0.25, 0.3) is 0 Å². The van der Waals surface area contributed by atoms with Crippen molar-refractivity contribution in [2.45, 2.75) is 19.6 Å². The molecule has 3 heteroatoms. The fourth-order valence-electron chi connectivity index (χ4n) is 1.88. The van der Waals surface area contributed by atoms with Crippen LogP contribution in [0, 0.1) is 0 Å². The van der Waals surface area contributed by atoms with Crippen LogP contribution in [0.4, 0.5) is 0 Å². The molecule has 0 saturated carbocycles. The average Bonchev–Trinajstić information content (AvgIpc) is 2.52. The first-order valence-electron chi connectivity index (χ1n) is 6.96. The Morgan fingerprint density at radius 2 is 1.65 bits per heavy atom. The van der Waals surface area contributed by atoms with E-state index in [-0.39, 0.29) is 6.61 Å². The molecule has 2 aromatic rings. The van der Waals surface area contributed by atoms with Crippen LogP contribution in [-0.4, -0.2) is 18.3 Å². The van der Waals surface area contributed by atoms with Gasteiger partial charge in [0.1, 0.15) is 12.4 Å². The SMILES string of the molecule is OCCCNCc1ccc(OCc2ccccc2)cc1. The van der Waals surface area contributed by atoms with Gasteiger partial charge in [-0.05, 0) is 36.2 Å². The van der Waals surface area contributed by atoms with Gasteiger partial charge >= 0.3 is 0 Å². The number of hydrogen-bond acceptors (Lipinski definition) is 3. The molecule has 0 saturated heterocycles. The lowest BCUT2D eigenvalue weighted by atomic mass is 10.2. The maximum absolute atomic E-state index is 8.70. The van der Waals surface area contributed by atoms with Crippen molar-refractivity contribution in [2.75, 3.05) is 13.2 Å². The summed E-state index contributed by atoms with van der Waals surface area (Å²) < 4.78 is 5.74. The molecule has 0 aromatic heterocycles. The highest BCUT2D eigenvalue weighted by Gasteiger charge is 1.97. The molecular formula is C17H21NO2. The second-order valence-corrected chi connectivity index (χ2v) is 4.67. The first-order chi connectivity index (χ1) is 9.88. The normalized spacial score (nSPS) is 10.4. The van der Waals surface area contributed by atoms with Crippen molar-refractivity contribution in [3.63, 3.8) is 0 Å². The van der Waals surface area contributed by atoms with Crippen LogP contribution in [0.3, 0.4) is 0 Å². The molecule has 2 aromatic carbocycles. The maximum atomic E-state index is 8.70. The smallest absolute Gasteiger partial charge is 0.119 e. The van der Waals surface area contributed by atoms with E-state index in [9.17, 15) is 0 Å². The van der Waals surface area contributed by atoms with E-state index in [1.165, 1.54) is 11.1 Å². The predicted molar refractivity (Wildman–Crippen MR) is 80.6 cm³/mol. The summed E-state index contributed by atoms with van der Waals surface area (Å²) in [5.74, 6) is 0.882. The average molecular weight is 271 g/mol. The highest BCUT2D eigenvalue weighted by molar-refractivity contribution is 5.27. The molecule has 0 bridgehead atoms. The Balaban J connectivity index is 1.76. The highest BCUT2D eigenvalue weighted by Crippen LogP contribution is 2.14. The van der Waals surface area contributed by atoms with Gasteiger partial charge in [-0.15, -0.1) is 0 Å². The van der Waals surface area contributed by atoms with Gasteiger partial charge in [-0.2, -0.15) is 0 Å².